The molecule has 2 saturated heterocycles. The van der Waals surface area contributed by atoms with Crippen LogP contribution in [0.2, 0.25) is 0 Å². The Balaban J connectivity index is 1.40. The molecule has 2 heterocycles. The second kappa shape index (κ2) is 9.71. The molecule has 1 aromatic rings. The number of aryl methyl sites for hydroxylation is 1. The Kier molecular flexibility index (Phi) is 7.05. The number of urea groups is 2. The predicted molar refractivity (Wildman–Crippen MR) is 109 cm³/mol. The summed E-state index contributed by atoms with van der Waals surface area (Å²) in [4.78, 5) is 42.4. The first-order valence-corrected chi connectivity index (χ1v) is 9.95. The molecule has 1 aromatic carbocycles. The second-order valence-electron chi connectivity index (χ2n) is 7.39. The number of nitrogens with zero attached hydrogens (tertiary/aromatic N) is 3. The maximum Gasteiger partial charge on any atom is 0.325 e. The van der Waals surface area contributed by atoms with Gasteiger partial charge >= 0.3 is 12.1 Å². The van der Waals surface area contributed by atoms with Crippen LogP contribution in [0, 0.1) is 13.8 Å². The number of hydrogen-bond donors (Lipinski definition) is 2. The van der Waals surface area contributed by atoms with E-state index in [1.54, 1.807) is 6.07 Å². The summed E-state index contributed by atoms with van der Waals surface area (Å²) < 4.78 is 5.28. The number of rotatable bonds is 3. The quantitative estimate of drug-likeness (QED) is 0.786. The number of carbonyl (C=O) groups is 3. The highest BCUT2D eigenvalue weighted by atomic mass is 16.5. The van der Waals surface area contributed by atoms with Crippen LogP contribution in [0.15, 0.2) is 18.2 Å². The molecular weight excluding hydrogens is 374 g/mol. The molecule has 0 aromatic heterocycles. The lowest BCUT2D eigenvalue weighted by Gasteiger charge is -2.38. The minimum atomic E-state index is -0.537. The van der Waals surface area contributed by atoms with E-state index in [4.69, 9.17) is 4.74 Å². The van der Waals surface area contributed by atoms with Gasteiger partial charge in [-0.1, -0.05) is 12.1 Å². The van der Waals surface area contributed by atoms with Gasteiger partial charge in [0.1, 0.15) is 0 Å². The average Bonchev–Trinajstić information content (AvgIpc) is 2.72. The van der Waals surface area contributed by atoms with Crippen LogP contribution in [0.4, 0.5) is 15.3 Å². The van der Waals surface area contributed by atoms with E-state index in [0.717, 1.165) is 11.1 Å². The molecule has 2 aliphatic heterocycles. The van der Waals surface area contributed by atoms with Crippen LogP contribution in [0.3, 0.4) is 0 Å². The molecular formula is C20H29N5O4. The van der Waals surface area contributed by atoms with Crippen molar-refractivity contribution in [1.29, 1.82) is 0 Å². The molecule has 9 nitrogen and oxygen atoms in total. The zero-order valence-corrected chi connectivity index (χ0v) is 17.1. The number of ether oxygens (including phenoxy) is 1. The van der Waals surface area contributed by atoms with Crippen molar-refractivity contribution < 1.29 is 19.1 Å². The lowest BCUT2D eigenvalue weighted by molar-refractivity contribution is -0.121. The third kappa shape index (κ3) is 5.68. The summed E-state index contributed by atoms with van der Waals surface area (Å²) in [7, 11) is 0. The van der Waals surface area contributed by atoms with E-state index in [-0.39, 0.29) is 18.5 Å². The van der Waals surface area contributed by atoms with Crippen molar-refractivity contribution in [3.05, 3.63) is 29.3 Å². The third-order valence-corrected chi connectivity index (χ3v) is 5.40. The summed E-state index contributed by atoms with van der Waals surface area (Å²) in [6, 6.07) is 5.12. The number of piperazine rings is 1. The van der Waals surface area contributed by atoms with Crippen molar-refractivity contribution in [3.8, 4) is 0 Å². The van der Waals surface area contributed by atoms with Gasteiger partial charge in [0.2, 0.25) is 5.91 Å². The van der Waals surface area contributed by atoms with E-state index in [0.29, 0.717) is 58.2 Å². The van der Waals surface area contributed by atoms with Crippen molar-refractivity contribution in [2.45, 2.75) is 13.8 Å². The molecule has 0 bridgehead atoms. The van der Waals surface area contributed by atoms with E-state index in [1.807, 2.05) is 40.7 Å². The molecule has 2 N–H and O–H groups in total. The molecule has 29 heavy (non-hydrogen) atoms. The molecule has 0 saturated carbocycles. The minimum Gasteiger partial charge on any atom is -0.378 e. The Morgan fingerprint density at radius 3 is 2.31 bits per heavy atom. The van der Waals surface area contributed by atoms with Crippen molar-refractivity contribution >= 4 is 23.7 Å². The summed E-state index contributed by atoms with van der Waals surface area (Å²) in [5.74, 6) is -0.360. The van der Waals surface area contributed by atoms with Crippen LogP contribution >= 0.6 is 0 Å². The molecule has 5 amide bonds. The van der Waals surface area contributed by atoms with Crippen LogP contribution < -0.4 is 10.6 Å². The molecule has 0 aliphatic carbocycles. The number of morpholine rings is 1. The summed E-state index contributed by atoms with van der Waals surface area (Å²) in [5.41, 5.74) is 2.72. The maximum atomic E-state index is 12.5. The average molecular weight is 403 g/mol. The summed E-state index contributed by atoms with van der Waals surface area (Å²) in [6.07, 6.45) is 0. The summed E-state index contributed by atoms with van der Waals surface area (Å²) in [6.45, 7) is 8.75. The first kappa shape index (κ1) is 21.1. The smallest absolute Gasteiger partial charge is 0.325 e. The fraction of sp³-hybridized carbons (Fsp3) is 0.550. The number of amides is 5. The van der Waals surface area contributed by atoms with Gasteiger partial charge in [-0.05, 0) is 31.0 Å². The minimum absolute atomic E-state index is 0.0327. The van der Waals surface area contributed by atoms with Crippen molar-refractivity contribution in [3.63, 3.8) is 0 Å². The van der Waals surface area contributed by atoms with Gasteiger partial charge in [0, 0.05) is 45.0 Å². The Bertz CT molecular complexity index is 755. The Morgan fingerprint density at radius 1 is 0.966 bits per heavy atom. The summed E-state index contributed by atoms with van der Waals surface area (Å²) in [5, 5.41) is 5.09. The molecule has 2 fully saturated rings. The van der Waals surface area contributed by atoms with Gasteiger partial charge in [-0.25, -0.2) is 9.59 Å². The highest BCUT2D eigenvalue weighted by molar-refractivity contribution is 6.02. The van der Waals surface area contributed by atoms with E-state index in [2.05, 4.69) is 10.6 Å². The van der Waals surface area contributed by atoms with Crippen LogP contribution in [0.25, 0.3) is 0 Å². The standard InChI is InChI=1S/C20H29N5O4/c1-15-4-3-5-17(16(15)2)21-19(27)22-18(26)14-23-6-8-24(9-7-23)20(28)25-10-12-29-13-11-25/h3-5H,6-14H2,1-2H3,(H2,21,22,26,27). The van der Waals surface area contributed by atoms with Crippen molar-refractivity contribution in [2.24, 2.45) is 0 Å². The SMILES string of the molecule is Cc1cccc(NC(=O)NC(=O)CN2CCN(C(=O)N3CCOCC3)CC2)c1C. The molecule has 0 spiro atoms. The fourth-order valence-electron chi connectivity index (χ4n) is 3.46. The Morgan fingerprint density at radius 2 is 1.62 bits per heavy atom. The van der Waals surface area contributed by atoms with Gasteiger partial charge in [0.25, 0.3) is 0 Å². The zero-order chi connectivity index (χ0) is 20.8. The van der Waals surface area contributed by atoms with Crippen molar-refractivity contribution in [2.75, 3.05) is 64.3 Å². The Labute approximate surface area is 171 Å². The summed E-state index contributed by atoms with van der Waals surface area (Å²) >= 11 is 0. The van der Waals surface area contributed by atoms with Gasteiger partial charge < -0.3 is 19.9 Å². The number of anilines is 1. The highest BCUT2D eigenvalue weighted by Crippen LogP contribution is 2.17. The second-order valence-corrected chi connectivity index (χ2v) is 7.39. The van der Waals surface area contributed by atoms with Crippen LogP contribution in [-0.2, 0) is 9.53 Å². The normalized spacial score (nSPS) is 17.7. The van der Waals surface area contributed by atoms with E-state index in [9.17, 15) is 14.4 Å². The monoisotopic (exact) mass is 403 g/mol. The van der Waals surface area contributed by atoms with E-state index < -0.39 is 6.03 Å². The van der Waals surface area contributed by atoms with Gasteiger partial charge in [-0.15, -0.1) is 0 Å². The predicted octanol–water partition coefficient (Wildman–Crippen LogP) is 1.02. The molecule has 0 unspecified atom stereocenters. The van der Waals surface area contributed by atoms with Crippen molar-refractivity contribution in [1.82, 2.24) is 20.0 Å². The molecule has 2 aliphatic rings. The lowest BCUT2D eigenvalue weighted by atomic mass is 10.1. The maximum absolute atomic E-state index is 12.5. The van der Waals surface area contributed by atoms with Gasteiger partial charge in [0.15, 0.2) is 0 Å². The van der Waals surface area contributed by atoms with Crippen LogP contribution in [0.1, 0.15) is 11.1 Å². The first-order valence-electron chi connectivity index (χ1n) is 9.95. The first-order chi connectivity index (χ1) is 13.9. The largest absolute Gasteiger partial charge is 0.378 e. The zero-order valence-electron chi connectivity index (χ0n) is 17.1. The molecule has 9 heteroatoms. The van der Waals surface area contributed by atoms with Crippen LogP contribution in [0.5, 0.6) is 0 Å². The van der Waals surface area contributed by atoms with Gasteiger partial charge in [-0.3, -0.25) is 15.0 Å². The van der Waals surface area contributed by atoms with E-state index in [1.165, 1.54) is 0 Å². The van der Waals surface area contributed by atoms with Gasteiger partial charge in [0.05, 0.1) is 19.8 Å². The number of carbonyl (C=O) groups excluding carboxylic acids is 3. The highest BCUT2D eigenvalue weighted by Gasteiger charge is 2.27. The number of hydrogen-bond acceptors (Lipinski definition) is 5. The number of benzene rings is 1. The fourth-order valence-corrected chi connectivity index (χ4v) is 3.46. The number of imide groups is 1. The van der Waals surface area contributed by atoms with Crippen LogP contribution in [-0.4, -0.2) is 91.7 Å². The molecule has 3 rings (SSSR count). The molecule has 0 radical (unpaired) electrons. The van der Waals surface area contributed by atoms with Gasteiger partial charge in [-0.2, -0.15) is 0 Å². The topological polar surface area (TPSA) is 94.2 Å². The number of nitrogens with one attached hydrogen (secondary N) is 2. The lowest BCUT2D eigenvalue weighted by Crippen LogP contribution is -2.56. The third-order valence-electron chi connectivity index (χ3n) is 5.40. The molecule has 158 valence electrons. The van der Waals surface area contributed by atoms with E-state index >= 15 is 0 Å². The molecule has 0 atom stereocenters. The Hall–Kier alpha value is -2.65.